The minimum Gasteiger partial charge on any atom is -0.444 e. The Balaban J connectivity index is 1.24. The maximum absolute atomic E-state index is 12.7. The Bertz CT molecular complexity index is 1840. The lowest BCUT2D eigenvalue weighted by molar-refractivity contribution is 0.0206. The first-order chi connectivity index (χ1) is 21.5. The van der Waals surface area contributed by atoms with Gasteiger partial charge in [-0.05, 0) is 83.2 Å². The highest BCUT2D eigenvalue weighted by Gasteiger charge is 2.36. The van der Waals surface area contributed by atoms with Gasteiger partial charge < -0.3 is 19.7 Å². The Labute approximate surface area is 263 Å². The zero-order chi connectivity index (χ0) is 31.8. The molecular weight excluding hydrogens is 592 g/mol. The molecule has 12 heteroatoms. The van der Waals surface area contributed by atoms with Crippen molar-refractivity contribution in [1.82, 2.24) is 19.9 Å². The van der Waals surface area contributed by atoms with Crippen LogP contribution in [0.25, 0.3) is 22.0 Å². The number of carbonyl (C=O) groups is 1. The van der Waals surface area contributed by atoms with Gasteiger partial charge in [-0.2, -0.15) is 0 Å². The molecule has 1 amide bonds. The Hall–Kier alpha value is -4.45. The number of aryl methyl sites for hydroxylation is 1. The highest BCUT2D eigenvalue weighted by atomic mass is 32.2. The van der Waals surface area contributed by atoms with Crippen molar-refractivity contribution in [3.63, 3.8) is 0 Å². The van der Waals surface area contributed by atoms with Crippen LogP contribution in [-0.2, 0) is 14.8 Å². The molecule has 1 aliphatic carbocycles. The number of ether oxygens (including phenoxy) is 2. The summed E-state index contributed by atoms with van der Waals surface area (Å²) in [5.74, 6) is 1.37. The second-order valence-electron chi connectivity index (χ2n) is 12.6. The van der Waals surface area contributed by atoms with E-state index < -0.39 is 15.6 Å². The molecule has 2 aliphatic rings. The molecular formula is C33H38N6O5S. The Morgan fingerprint density at radius 3 is 2.58 bits per heavy atom. The third-order valence-electron chi connectivity index (χ3n) is 7.73. The number of rotatable bonds is 8. The van der Waals surface area contributed by atoms with E-state index in [0.717, 1.165) is 29.2 Å². The predicted molar refractivity (Wildman–Crippen MR) is 174 cm³/mol. The fraction of sp³-hybridized carbons (Fsp3) is 0.394. The van der Waals surface area contributed by atoms with Crippen LogP contribution in [0.15, 0.2) is 60.9 Å². The van der Waals surface area contributed by atoms with Crippen LogP contribution in [0.1, 0.15) is 52.0 Å². The van der Waals surface area contributed by atoms with Crippen molar-refractivity contribution in [2.45, 2.75) is 70.3 Å². The summed E-state index contributed by atoms with van der Waals surface area (Å²) < 4.78 is 40.3. The molecule has 0 radical (unpaired) electrons. The van der Waals surface area contributed by atoms with Gasteiger partial charge >= 0.3 is 6.09 Å². The van der Waals surface area contributed by atoms with Crippen LogP contribution in [0, 0.1) is 6.92 Å². The van der Waals surface area contributed by atoms with E-state index in [0.29, 0.717) is 60.5 Å². The molecule has 2 N–H and O–H groups in total. The second-order valence-corrected chi connectivity index (χ2v) is 14.6. The van der Waals surface area contributed by atoms with Gasteiger partial charge in [0, 0.05) is 42.3 Å². The van der Waals surface area contributed by atoms with Crippen molar-refractivity contribution in [3.05, 3.63) is 66.5 Å². The quantitative estimate of drug-likeness (QED) is 0.223. The summed E-state index contributed by atoms with van der Waals surface area (Å²) >= 11 is 0. The van der Waals surface area contributed by atoms with Crippen molar-refractivity contribution in [3.8, 4) is 22.9 Å². The van der Waals surface area contributed by atoms with Gasteiger partial charge in [0.25, 0.3) is 0 Å². The Morgan fingerprint density at radius 1 is 0.978 bits per heavy atom. The van der Waals surface area contributed by atoms with E-state index in [9.17, 15) is 13.2 Å². The molecule has 1 saturated carbocycles. The number of benzene rings is 2. The zero-order valence-corrected chi connectivity index (χ0v) is 26.7. The van der Waals surface area contributed by atoms with E-state index in [2.05, 4.69) is 20.0 Å². The van der Waals surface area contributed by atoms with Crippen LogP contribution >= 0.6 is 0 Å². The molecule has 2 aromatic carbocycles. The zero-order valence-electron chi connectivity index (χ0n) is 25.9. The lowest BCUT2D eigenvalue weighted by atomic mass is 10.0. The lowest BCUT2D eigenvalue weighted by Gasteiger charge is -2.34. The summed E-state index contributed by atoms with van der Waals surface area (Å²) in [6.45, 7) is 8.65. The maximum Gasteiger partial charge on any atom is 0.410 e. The average molecular weight is 631 g/mol. The summed E-state index contributed by atoms with van der Waals surface area (Å²) in [5.41, 5.74) is 2.12. The smallest absolute Gasteiger partial charge is 0.410 e. The van der Waals surface area contributed by atoms with Gasteiger partial charge in [0.2, 0.25) is 21.9 Å². The normalized spacial score (nSPS) is 17.2. The average Bonchev–Trinajstić information content (AvgIpc) is 3.85. The van der Waals surface area contributed by atoms with Crippen molar-refractivity contribution < 1.29 is 22.7 Å². The van der Waals surface area contributed by atoms with Crippen LogP contribution in [0.4, 0.5) is 16.4 Å². The summed E-state index contributed by atoms with van der Waals surface area (Å²) in [6, 6.07) is 14.8. The number of amides is 1. The van der Waals surface area contributed by atoms with Crippen LogP contribution in [0.3, 0.4) is 0 Å². The number of nitrogens with zero attached hydrogens (tertiary/aromatic N) is 4. The first-order valence-electron chi connectivity index (χ1n) is 15.2. The molecule has 3 heterocycles. The van der Waals surface area contributed by atoms with Gasteiger partial charge in [0.15, 0.2) is 0 Å². The fourth-order valence-electron chi connectivity index (χ4n) is 5.39. The van der Waals surface area contributed by atoms with Crippen molar-refractivity contribution in [2.24, 2.45) is 0 Å². The first kappa shape index (κ1) is 30.6. The summed E-state index contributed by atoms with van der Waals surface area (Å²) in [5, 5.41) is 4.56. The fourth-order valence-corrected chi connectivity index (χ4v) is 6.80. The molecule has 2 fully saturated rings. The Morgan fingerprint density at radius 2 is 1.80 bits per heavy atom. The molecule has 6 rings (SSSR count). The number of piperidine rings is 1. The maximum atomic E-state index is 12.7. The number of likely N-dealkylation sites (tertiary alicyclic amines) is 1. The molecule has 236 valence electrons. The van der Waals surface area contributed by atoms with Gasteiger partial charge in [-0.25, -0.2) is 28.2 Å². The molecule has 1 unspecified atom stereocenters. The van der Waals surface area contributed by atoms with Crippen molar-refractivity contribution >= 4 is 38.5 Å². The summed E-state index contributed by atoms with van der Waals surface area (Å²) in [4.78, 5) is 28.1. The number of nitrogens with one attached hydrogen (secondary N) is 2. The molecule has 4 aromatic rings. The number of sulfonamides is 1. The standard InChI is InChI=1S/C33H38N6O5S/c1-21-12-15-24-25(9-5-11-28(24)38-45(41,42)23-13-14-23)29(21)43-30-26(10-6-17-34-30)27-16-18-35-31(37-27)36-22-8-7-19-39(20-22)32(40)44-33(2,3)4/h5-6,9-12,15-18,22-23,38H,7-8,13-14,19-20H2,1-4H3,(H,35,36,37). The predicted octanol–water partition coefficient (Wildman–Crippen LogP) is 6.51. The topological polar surface area (TPSA) is 136 Å². The monoisotopic (exact) mass is 630 g/mol. The van der Waals surface area contributed by atoms with Crippen molar-refractivity contribution in [1.29, 1.82) is 0 Å². The van der Waals surface area contributed by atoms with Crippen LogP contribution in [0.5, 0.6) is 11.6 Å². The van der Waals surface area contributed by atoms with E-state index in [1.54, 1.807) is 29.4 Å². The highest BCUT2D eigenvalue weighted by Crippen LogP contribution is 2.39. The molecule has 2 aromatic heterocycles. The van der Waals surface area contributed by atoms with E-state index in [4.69, 9.17) is 14.5 Å². The third kappa shape index (κ3) is 7.11. The number of aromatic nitrogens is 3. The summed E-state index contributed by atoms with van der Waals surface area (Å²) in [7, 11) is -3.43. The minimum absolute atomic E-state index is 0.0315. The molecule has 0 bridgehead atoms. The lowest BCUT2D eigenvalue weighted by Crippen LogP contribution is -2.47. The van der Waals surface area contributed by atoms with Crippen LogP contribution in [-0.4, -0.2) is 64.3 Å². The van der Waals surface area contributed by atoms with Gasteiger partial charge in [-0.3, -0.25) is 4.72 Å². The molecule has 1 atom stereocenters. The van der Waals surface area contributed by atoms with Gasteiger partial charge in [0.05, 0.1) is 22.2 Å². The number of anilines is 2. The van der Waals surface area contributed by atoms with Gasteiger partial charge in [-0.15, -0.1) is 0 Å². The first-order valence-corrected chi connectivity index (χ1v) is 16.8. The van der Waals surface area contributed by atoms with Crippen molar-refractivity contribution in [2.75, 3.05) is 23.1 Å². The van der Waals surface area contributed by atoms with Gasteiger partial charge in [-0.1, -0.05) is 24.3 Å². The van der Waals surface area contributed by atoms with Gasteiger partial charge in [0.1, 0.15) is 11.4 Å². The minimum atomic E-state index is -3.43. The molecule has 45 heavy (non-hydrogen) atoms. The second kappa shape index (κ2) is 12.2. The van der Waals surface area contributed by atoms with E-state index >= 15 is 0 Å². The van der Waals surface area contributed by atoms with Crippen LogP contribution in [0.2, 0.25) is 0 Å². The Kier molecular flexibility index (Phi) is 8.25. The summed E-state index contributed by atoms with van der Waals surface area (Å²) in [6.07, 6.45) is 6.08. The molecule has 11 nitrogen and oxygen atoms in total. The molecule has 1 aliphatic heterocycles. The van der Waals surface area contributed by atoms with Crippen LogP contribution < -0.4 is 14.8 Å². The SMILES string of the molecule is Cc1ccc2c(NS(=O)(=O)C3CC3)cccc2c1Oc1ncccc1-c1ccnc(NC2CCCN(C(=O)OC(C)(C)C)C2)n1. The van der Waals surface area contributed by atoms with E-state index in [1.807, 2.05) is 64.1 Å². The number of hydrogen-bond acceptors (Lipinski definition) is 9. The molecule has 1 saturated heterocycles. The third-order valence-corrected chi connectivity index (χ3v) is 9.59. The number of carbonyl (C=O) groups excluding carboxylic acids is 1. The van der Waals surface area contributed by atoms with E-state index in [1.165, 1.54) is 0 Å². The number of hydrogen-bond donors (Lipinski definition) is 2. The molecule has 0 spiro atoms. The number of pyridine rings is 1. The largest absolute Gasteiger partial charge is 0.444 e. The highest BCUT2D eigenvalue weighted by molar-refractivity contribution is 7.93. The number of fused-ring (bicyclic) bond motifs is 1. The van der Waals surface area contributed by atoms with E-state index in [-0.39, 0.29) is 17.4 Å².